The van der Waals surface area contributed by atoms with Gasteiger partial charge in [0.1, 0.15) is 6.33 Å². The molecule has 0 unspecified atom stereocenters. The molecule has 0 spiro atoms. The Morgan fingerprint density at radius 2 is 1.96 bits per heavy atom. The summed E-state index contributed by atoms with van der Waals surface area (Å²) in [6.07, 6.45) is -3.00. The van der Waals surface area contributed by atoms with Crippen LogP contribution in [0, 0.1) is 0 Å². The summed E-state index contributed by atoms with van der Waals surface area (Å²) in [5.74, 6) is 0.602. The molecule has 0 radical (unpaired) electrons. The minimum absolute atomic E-state index is 0.143. The number of hydrogen-bond acceptors (Lipinski definition) is 5. The van der Waals surface area contributed by atoms with Crippen molar-refractivity contribution >= 4 is 17.0 Å². The molecule has 1 aromatic carbocycles. The first kappa shape index (κ1) is 15.2. The molecule has 0 fully saturated rings. The highest BCUT2D eigenvalue weighted by Crippen LogP contribution is 2.29. The number of rotatable bonds is 3. The molecule has 120 valence electrons. The van der Waals surface area contributed by atoms with Crippen LogP contribution in [0.1, 0.15) is 11.1 Å². The van der Waals surface area contributed by atoms with E-state index in [9.17, 15) is 13.2 Å². The van der Waals surface area contributed by atoms with Gasteiger partial charge in [-0.05, 0) is 17.7 Å². The number of aromatic nitrogens is 5. The lowest BCUT2D eigenvalue weighted by atomic mass is 10.1. The maximum Gasteiger partial charge on any atom is 0.416 e. The summed E-state index contributed by atoms with van der Waals surface area (Å²) >= 11 is 0. The first-order chi connectivity index (χ1) is 10.9. The molecule has 0 N–H and O–H groups in total. The summed E-state index contributed by atoms with van der Waals surface area (Å²) in [5, 5.41) is 8.01. The van der Waals surface area contributed by atoms with E-state index in [0.29, 0.717) is 22.5 Å². The molecular formula is C14H13F3N6. The Bertz CT molecular complexity index is 840. The third-order valence-electron chi connectivity index (χ3n) is 3.29. The predicted octanol–water partition coefficient (Wildman–Crippen LogP) is 2.35. The zero-order valence-electron chi connectivity index (χ0n) is 12.4. The fourth-order valence-electron chi connectivity index (χ4n) is 2.23. The third-order valence-corrected chi connectivity index (χ3v) is 3.29. The highest BCUT2D eigenvalue weighted by molar-refractivity contribution is 5.82. The van der Waals surface area contributed by atoms with Crippen LogP contribution in [0.4, 0.5) is 19.0 Å². The van der Waals surface area contributed by atoms with E-state index in [4.69, 9.17) is 0 Å². The van der Waals surface area contributed by atoms with Gasteiger partial charge in [0.2, 0.25) is 0 Å². The number of halogens is 3. The van der Waals surface area contributed by atoms with Gasteiger partial charge in [-0.1, -0.05) is 17.3 Å². The number of hydrogen-bond donors (Lipinski definition) is 0. The van der Waals surface area contributed by atoms with Crippen LogP contribution in [-0.2, 0) is 12.7 Å². The van der Waals surface area contributed by atoms with E-state index in [1.165, 1.54) is 17.1 Å². The van der Waals surface area contributed by atoms with Gasteiger partial charge in [-0.2, -0.15) is 13.2 Å². The Labute approximate surface area is 129 Å². The standard InChI is InChI=1S/C14H13F3N6/c1-22(2)12-11-13(19-8-18-12)23(21-20-11)7-9-4-3-5-10(6-9)14(15,16)17/h3-6,8H,7H2,1-2H3. The zero-order valence-corrected chi connectivity index (χ0v) is 12.4. The second-order valence-corrected chi connectivity index (χ2v) is 5.21. The first-order valence-corrected chi connectivity index (χ1v) is 6.74. The van der Waals surface area contributed by atoms with E-state index in [0.717, 1.165) is 12.1 Å². The second kappa shape index (κ2) is 5.49. The lowest BCUT2D eigenvalue weighted by Gasteiger charge is -2.10. The molecule has 0 bridgehead atoms. The summed E-state index contributed by atoms with van der Waals surface area (Å²) in [7, 11) is 3.63. The van der Waals surface area contributed by atoms with E-state index in [1.54, 1.807) is 11.0 Å². The highest BCUT2D eigenvalue weighted by Gasteiger charge is 2.30. The van der Waals surface area contributed by atoms with Gasteiger partial charge in [-0.15, -0.1) is 5.10 Å². The van der Waals surface area contributed by atoms with Crippen LogP contribution in [0.25, 0.3) is 11.2 Å². The van der Waals surface area contributed by atoms with Crippen molar-refractivity contribution in [2.24, 2.45) is 0 Å². The van der Waals surface area contributed by atoms with Crippen molar-refractivity contribution in [1.82, 2.24) is 25.0 Å². The number of alkyl halides is 3. The highest BCUT2D eigenvalue weighted by atomic mass is 19.4. The summed E-state index contributed by atoms with van der Waals surface area (Å²) in [4.78, 5) is 10.0. The monoisotopic (exact) mass is 322 g/mol. The number of benzene rings is 1. The Hall–Kier alpha value is -2.71. The topological polar surface area (TPSA) is 59.7 Å². The maximum absolute atomic E-state index is 12.8. The van der Waals surface area contributed by atoms with Gasteiger partial charge >= 0.3 is 6.18 Å². The minimum Gasteiger partial charge on any atom is -0.361 e. The van der Waals surface area contributed by atoms with Crippen LogP contribution in [0.5, 0.6) is 0 Å². The van der Waals surface area contributed by atoms with Gasteiger partial charge in [0.15, 0.2) is 17.0 Å². The normalized spacial score (nSPS) is 11.9. The number of nitrogens with zero attached hydrogens (tertiary/aromatic N) is 6. The Balaban J connectivity index is 1.98. The van der Waals surface area contributed by atoms with Crippen molar-refractivity contribution in [2.45, 2.75) is 12.7 Å². The Kier molecular flexibility index (Phi) is 3.63. The number of fused-ring (bicyclic) bond motifs is 1. The van der Waals surface area contributed by atoms with E-state index in [-0.39, 0.29) is 6.54 Å². The van der Waals surface area contributed by atoms with E-state index < -0.39 is 11.7 Å². The predicted molar refractivity (Wildman–Crippen MR) is 78.0 cm³/mol. The fraction of sp³-hybridized carbons (Fsp3) is 0.286. The van der Waals surface area contributed by atoms with E-state index >= 15 is 0 Å². The fourth-order valence-corrected chi connectivity index (χ4v) is 2.23. The van der Waals surface area contributed by atoms with Gasteiger partial charge in [0, 0.05) is 14.1 Å². The van der Waals surface area contributed by atoms with Crippen LogP contribution < -0.4 is 4.90 Å². The molecule has 0 atom stereocenters. The summed E-state index contributed by atoms with van der Waals surface area (Å²) in [6.45, 7) is 0.143. The molecule has 0 saturated carbocycles. The molecule has 0 amide bonds. The van der Waals surface area contributed by atoms with Gasteiger partial charge in [0.25, 0.3) is 0 Å². The van der Waals surface area contributed by atoms with Gasteiger partial charge in [0.05, 0.1) is 12.1 Å². The Morgan fingerprint density at radius 1 is 1.17 bits per heavy atom. The van der Waals surface area contributed by atoms with Crippen molar-refractivity contribution in [3.05, 3.63) is 41.7 Å². The molecule has 6 nitrogen and oxygen atoms in total. The smallest absolute Gasteiger partial charge is 0.361 e. The van der Waals surface area contributed by atoms with Crippen LogP contribution in [0.15, 0.2) is 30.6 Å². The largest absolute Gasteiger partial charge is 0.416 e. The molecule has 3 rings (SSSR count). The summed E-state index contributed by atoms with van der Waals surface area (Å²) < 4.78 is 39.8. The maximum atomic E-state index is 12.8. The Morgan fingerprint density at radius 3 is 2.65 bits per heavy atom. The lowest BCUT2D eigenvalue weighted by molar-refractivity contribution is -0.137. The van der Waals surface area contributed by atoms with Crippen molar-refractivity contribution < 1.29 is 13.2 Å². The molecular weight excluding hydrogens is 309 g/mol. The number of anilines is 1. The molecule has 0 aliphatic heterocycles. The van der Waals surface area contributed by atoms with Crippen LogP contribution >= 0.6 is 0 Å². The third kappa shape index (κ3) is 2.94. The van der Waals surface area contributed by atoms with E-state index in [2.05, 4.69) is 20.3 Å². The van der Waals surface area contributed by atoms with Crippen LogP contribution in [-0.4, -0.2) is 39.1 Å². The summed E-state index contributed by atoms with van der Waals surface area (Å²) in [6, 6.07) is 5.12. The van der Waals surface area contributed by atoms with E-state index in [1.807, 2.05) is 14.1 Å². The van der Waals surface area contributed by atoms with Crippen molar-refractivity contribution in [3.63, 3.8) is 0 Å². The molecule has 23 heavy (non-hydrogen) atoms. The second-order valence-electron chi connectivity index (χ2n) is 5.21. The molecule has 0 aliphatic rings. The molecule has 0 aliphatic carbocycles. The average Bonchev–Trinajstić information content (AvgIpc) is 2.90. The molecule has 2 aromatic heterocycles. The van der Waals surface area contributed by atoms with Gasteiger partial charge in [-0.3, -0.25) is 0 Å². The first-order valence-electron chi connectivity index (χ1n) is 6.74. The van der Waals surface area contributed by atoms with Gasteiger partial charge in [-0.25, -0.2) is 14.6 Å². The zero-order chi connectivity index (χ0) is 16.6. The van der Waals surface area contributed by atoms with Gasteiger partial charge < -0.3 is 4.90 Å². The van der Waals surface area contributed by atoms with Crippen LogP contribution in [0.3, 0.4) is 0 Å². The molecule has 3 aromatic rings. The van der Waals surface area contributed by atoms with Crippen molar-refractivity contribution in [3.8, 4) is 0 Å². The lowest BCUT2D eigenvalue weighted by Crippen LogP contribution is -2.11. The molecule has 0 saturated heterocycles. The van der Waals surface area contributed by atoms with Crippen LogP contribution in [0.2, 0.25) is 0 Å². The average molecular weight is 322 g/mol. The SMILES string of the molecule is CN(C)c1ncnc2c1nnn2Cc1cccc(C(F)(F)F)c1. The minimum atomic E-state index is -4.37. The van der Waals surface area contributed by atoms with Crippen molar-refractivity contribution in [1.29, 1.82) is 0 Å². The molecule has 9 heteroatoms. The quantitative estimate of drug-likeness (QED) is 0.741. The van der Waals surface area contributed by atoms with Crippen molar-refractivity contribution in [2.75, 3.05) is 19.0 Å². The summed E-state index contributed by atoms with van der Waals surface area (Å²) in [5.41, 5.74) is 0.755. The molecule has 2 heterocycles.